The predicted molar refractivity (Wildman–Crippen MR) is 46.0 cm³/mol. The zero-order valence-corrected chi connectivity index (χ0v) is 7.54. The average molecular weight is 232 g/mol. The summed E-state index contributed by atoms with van der Waals surface area (Å²) in [6, 6.07) is 4.46. The summed E-state index contributed by atoms with van der Waals surface area (Å²) in [5.41, 5.74) is 4.75. The Balaban J connectivity index is 2.93. The molecule has 3 N–H and O–H groups in total. The van der Waals surface area contributed by atoms with Crippen LogP contribution >= 0.6 is 15.9 Å². The highest BCUT2D eigenvalue weighted by atomic mass is 79.9. The average Bonchev–Trinajstić information content (AvgIpc) is 1.94. The van der Waals surface area contributed by atoms with Crippen molar-refractivity contribution in [1.29, 1.82) is 0 Å². The van der Waals surface area contributed by atoms with Crippen LogP contribution in [0.1, 0.15) is 0 Å². The highest BCUT2D eigenvalue weighted by Crippen LogP contribution is 2.28. The van der Waals surface area contributed by atoms with E-state index in [4.69, 9.17) is 5.73 Å². The van der Waals surface area contributed by atoms with Crippen molar-refractivity contribution in [3.8, 4) is 11.5 Å². The van der Waals surface area contributed by atoms with Crippen LogP contribution in [0.4, 0.5) is 4.79 Å². The molecule has 1 rings (SSSR count). The standard InChI is InChI=1S/C7H6BrNO3/c8-4-1-2-6(5(10)3-4)12-7(9)11/h1-3,10H,(H2,9,11). The summed E-state index contributed by atoms with van der Waals surface area (Å²) in [7, 11) is 0. The Morgan fingerprint density at radius 1 is 1.58 bits per heavy atom. The minimum atomic E-state index is -0.951. The van der Waals surface area contributed by atoms with Crippen LogP contribution in [0.5, 0.6) is 11.5 Å². The summed E-state index contributed by atoms with van der Waals surface area (Å²) in [5.74, 6) is -0.0890. The molecule has 12 heavy (non-hydrogen) atoms. The molecule has 0 fully saturated rings. The lowest BCUT2D eigenvalue weighted by molar-refractivity contribution is 0.209. The number of rotatable bonds is 1. The van der Waals surface area contributed by atoms with E-state index in [-0.39, 0.29) is 11.5 Å². The van der Waals surface area contributed by atoms with E-state index in [2.05, 4.69) is 20.7 Å². The second-order valence-corrected chi connectivity index (χ2v) is 2.95. The molecule has 0 bridgehead atoms. The monoisotopic (exact) mass is 231 g/mol. The Hall–Kier alpha value is -1.23. The van der Waals surface area contributed by atoms with Gasteiger partial charge in [-0.3, -0.25) is 0 Å². The topological polar surface area (TPSA) is 72.6 Å². The molecule has 5 heteroatoms. The van der Waals surface area contributed by atoms with Crippen molar-refractivity contribution >= 4 is 22.0 Å². The predicted octanol–water partition coefficient (Wildman–Crippen LogP) is 1.61. The third-order valence-corrected chi connectivity index (χ3v) is 1.62. The molecule has 0 aliphatic heterocycles. The second kappa shape index (κ2) is 3.44. The Morgan fingerprint density at radius 2 is 2.25 bits per heavy atom. The molecule has 4 nitrogen and oxygen atoms in total. The van der Waals surface area contributed by atoms with Gasteiger partial charge in [-0.15, -0.1) is 0 Å². The van der Waals surface area contributed by atoms with Crippen LogP contribution in [-0.4, -0.2) is 11.2 Å². The highest BCUT2D eigenvalue weighted by molar-refractivity contribution is 9.10. The van der Waals surface area contributed by atoms with Crippen molar-refractivity contribution < 1.29 is 14.6 Å². The fourth-order valence-corrected chi connectivity index (χ4v) is 1.03. The Labute approximate surface area is 77.1 Å². The molecule has 1 amide bonds. The Kier molecular flexibility index (Phi) is 2.54. The van der Waals surface area contributed by atoms with Crippen LogP contribution in [0.15, 0.2) is 22.7 Å². The van der Waals surface area contributed by atoms with Gasteiger partial charge >= 0.3 is 6.09 Å². The van der Waals surface area contributed by atoms with Crippen molar-refractivity contribution in [2.45, 2.75) is 0 Å². The largest absolute Gasteiger partial charge is 0.504 e. The maximum atomic E-state index is 10.3. The van der Waals surface area contributed by atoms with Crippen LogP contribution in [0.2, 0.25) is 0 Å². The summed E-state index contributed by atoms with van der Waals surface area (Å²) >= 11 is 3.13. The third kappa shape index (κ3) is 2.13. The molecule has 64 valence electrons. The van der Waals surface area contributed by atoms with Crippen LogP contribution < -0.4 is 10.5 Å². The molecular formula is C7H6BrNO3. The first-order valence-electron chi connectivity index (χ1n) is 3.05. The Morgan fingerprint density at radius 3 is 2.75 bits per heavy atom. The molecule has 0 aliphatic carbocycles. The highest BCUT2D eigenvalue weighted by Gasteiger charge is 2.04. The third-order valence-electron chi connectivity index (χ3n) is 1.13. The van der Waals surface area contributed by atoms with E-state index in [1.165, 1.54) is 12.1 Å². The second-order valence-electron chi connectivity index (χ2n) is 2.03. The molecule has 0 atom stereocenters. The molecule has 0 saturated carbocycles. The van der Waals surface area contributed by atoms with Gasteiger partial charge in [0, 0.05) is 4.47 Å². The number of carbonyl (C=O) groups excluding carboxylic acids is 1. The fraction of sp³-hybridized carbons (Fsp3) is 0. The summed E-state index contributed by atoms with van der Waals surface area (Å²) in [4.78, 5) is 10.3. The number of amides is 1. The number of hydrogen-bond acceptors (Lipinski definition) is 3. The number of benzene rings is 1. The molecule has 1 aromatic carbocycles. The molecule has 0 aromatic heterocycles. The van der Waals surface area contributed by atoms with Crippen molar-refractivity contribution in [2.75, 3.05) is 0 Å². The molecule has 0 unspecified atom stereocenters. The van der Waals surface area contributed by atoms with Gasteiger partial charge in [0.2, 0.25) is 0 Å². The van der Waals surface area contributed by atoms with Gasteiger partial charge in [0.05, 0.1) is 0 Å². The van der Waals surface area contributed by atoms with Crippen molar-refractivity contribution in [3.05, 3.63) is 22.7 Å². The molecule has 0 radical (unpaired) electrons. The number of ether oxygens (including phenoxy) is 1. The minimum absolute atomic E-state index is 0.0469. The van der Waals surface area contributed by atoms with E-state index >= 15 is 0 Å². The van der Waals surface area contributed by atoms with Gasteiger partial charge in [-0.25, -0.2) is 4.79 Å². The molecule has 0 aliphatic rings. The normalized spacial score (nSPS) is 9.42. The number of primary amides is 1. The van der Waals surface area contributed by atoms with Gasteiger partial charge in [-0.2, -0.15) is 0 Å². The lowest BCUT2D eigenvalue weighted by atomic mass is 10.3. The smallest absolute Gasteiger partial charge is 0.410 e. The van der Waals surface area contributed by atoms with Gasteiger partial charge < -0.3 is 15.6 Å². The quantitative estimate of drug-likeness (QED) is 0.772. The zero-order valence-electron chi connectivity index (χ0n) is 5.95. The van der Waals surface area contributed by atoms with Gasteiger partial charge in [0.25, 0.3) is 0 Å². The minimum Gasteiger partial charge on any atom is -0.504 e. The van der Waals surface area contributed by atoms with Crippen molar-refractivity contribution in [2.24, 2.45) is 5.73 Å². The van der Waals surface area contributed by atoms with E-state index in [0.717, 1.165) is 0 Å². The van der Waals surface area contributed by atoms with Crippen molar-refractivity contribution in [3.63, 3.8) is 0 Å². The lowest BCUT2D eigenvalue weighted by Gasteiger charge is -2.02. The maximum absolute atomic E-state index is 10.3. The van der Waals surface area contributed by atoms with Crippen LogP contribution in [0, 0.1) is 0 Å². The van der Waals surface area contributed by atoms with Crippen LogP contribution in [-0.2, 0) is 0 Å². The number of carbonyl (C=O) groups is 1. The number of phenolic OH excluding ortho intramolecular Hbond substituents is 1. The van der Waals surface area contributed by atoms with Crippen LogP contribution in [0.25, 0.3) is 0 Å². The first-order valence-corrected chi connectivity index (χ1v) is 3.84. The number of hydrogen-bond donors (Lipinski definition) is 2. The van der Waals surface area contributed by atoms with E-state index in [0.29, 0.717) is 4.47 Å². The van der Waals surface area contributed by atoms with E-state index in [9.17, 15) is 9.90 Å². The summed E-state index contributed by atoms with van der Waals surface area (Å²) in [6.07, 6.45) is -0.951. The zero-order chi connectivity index (χ0) is 9.14. The summed E-state index contributed by atoms with van der Waals surface area (Å²) in [5, 5.41) is 9.18. The first-order chi connectivity index (χ1) is 5.59. The summed E-state index contributed by atoms with van der Waals surface area (Å²) < 4.78 is 5.16. The van der Waals surface area contributed by atoms with Crippen LogP contribution in [0.3, 0.4) is 0 Å². The summed E-state index contributed by atoms with van der Waals surface area (Å²) in [6.45, 7) is 0. The van der Waals surface area contributed by atoms with Gasteiger partial charge in [-0.1, -0.05) is 15.9 Å². The number of halogens is 1. The molecule has 1 aromatic rings. The number of nitrogens with two attached hydrogens (primary N) is 1. The van der Waals surface area contributed by atoms with Gasteiger partial charge in [-0.05, 0) is 18.2 Å². The van der Waals surface area contributed by atoms with E-state index in [1.54, 1.807) is 6.07 Å². The number of phenols is 1. The van der Waals surface area contributed by atoms with Crippen molar-refractivity contribution in [1.82, 2.24) is 0 Å². The van der Waals surface area contributed by atoms with E-state index < -0.39 is 6.09 Å². The Bertz CT molecular complexity index is 314. The van der Waals surface area contributed by atoms with E-state index in [1.807, 2.05) is 0 Å². The molecular weight excluding hydrogens is 226 g/mol. The molecule has 0 heterocycles. The molecule has 0 saturated heterocycles. The van der Waals surface area contributed by atoms with Gasteiger partial charge in [0.15, 0.2) is 11.5 Å². The first kappa shape index (κ1) is 8.86. The lowest BCUT2D eigenvalue weighted by Crippen LogP contribution is -2.16. The van der Waals surface area contributed by atoms with Gasteiger partial charge in [0.1, 0.15) is 0 Å². The molecule has 0 spiro atoms. The fourth-order valence-electron chi connectivity index (χ4n) is 0.685. The number of aromatic hydroxyl groups is 1. The maximum Gasteiger partial charge on any atom is 0.410 e. The SMILES string of the molecule is NC(=O)Oc1ccc(Br)cc1O.